The Bertz CT molecular complexity index is 629. The minimum absolute atomic E-state index is 0.0439. The molecule has 1 fully saturated rings. The van der Waals surface area contributed by atoms with E-state index in [0.717, 1.165) is 4.31 Å². The van der Waals surface area contributed by atoms with Crippen LogP contribution in [0.5, 0.6) is 5.75 Å². The molecule has 21 heavy (non-hydrogen) atoms. The minimum Gasteiger partial charge on any atom is -0.497 e. The van der Waals surface area contributed by atoms with E-state index in [-0.39, 0.29) is 24.4 Å². The van der Waals surface area contributed by atoms with Crippen LogP contribution in [0.25, 0.3) is 0 Å². The maximum atomic E-state index is 12.5. The van der Waals surface area contributed by atoms with E-state index >= 15 is 0 Å². The van der Waals surface area contributed by atoms with E-state index in [9.17, 15) is 18.3 Å². The van der Waals surface area contributed by atoms with Crippen molar-refractivity contribution >= 4 is 16.0 Å². The monoisotopic (exact) mass is 315 g/mol. The molecule has 116 valence electrons. The number of methoxy groups -OCH3 is 1. The van der Waals surface area contributed by atoms with Crippen molar-refractivity contribution in [1.29, 1.82) is 0 Å². The number of carbonyl (C=O) groups is 1. The maximum absolute atomic E-state index is 12.5. The summed E-state index contributed by atoms with van der Waals surface area (Å²) in [4.78, 5) is 11.1. The third-order valence-electron chi connectivity index (χ3n) is 3.54. The van der Waals surface area contributed by atoms with E-state index in [1.165, 1.54) is 19.2 Å². The summed E-state index contributed by atoms with van der Waals surface area (Å²) in [5, 5.41) is 18.7. The summed E-state index contributed by atoms with van der Waals surface area (Å²) >= 11 is 0. The number of hydrogen-bond donors (Lipinski definition) is 2. The van der Waals surface area contributed by atoms with Crippen molar-refractivity contribution in [3.8, 4) is 5.75 Å². The van der Waals surface area contributed by atoms with Crippen molar-refractivity contribution in [2.75, 3.05) is 20.2 Å². The fourth-order valence-corrected chi connectivity index (χ4v) is 3.80. The number of carboxylic acids is 1. The van der Waals surface area contributed by atoms with E-state index in [0.29, 0.717) is 5.75 Å². The Morgan fingerprint density at radius 2 is 2.14 bits per heavy atom. The van der Waals surface area contributed by atoms with Crippen molar-refractivity contribution < 1.29 is 28.2 Å². The first kappa shape index (κ1) is 15.7. The summed E-state index contributed by atoms with van der Waals surface area (Å²) in [6.45, 7) is -0.152. The van der Waals surface area contributed by atoms with Gasteiger partial charge < -0.3 is 14.9 Å². The molecular weight excluding hydrogens is 298 g/mol. The molecule has 1 heterocycles. The fourth-order valence-electron chi connectivity index (χ4n) is 2.28. The van der Waals surface area contributed by atoms with Crippen LogP contribution in [-0.2, 0) is 14.8 Å². The van der Waals surface area contributed by atoms with E-state index in [1.807, 2.05) is 0 Å². The fraction of sp³-hybridized carbons (Fsp3) is 0.462. The number of aliphatic hydroxyl groups is 1. The second-order valence-corrected chi connectivity index (χ2v) is 6.78. The van der Waals surface area contributed by atoms with E-state index in [4.69, 9.17) is 9.84 Å². The van der Waals surface area contributed by atoms with Crippen molar-refractivity contribution in [3.63, 3.8) is 0 Å². The average molecular weight is 315 g/mol. The van der Waals surface area contributed by atoms with Crippen molar-refractivity contribution in [3.05, 3.63) is 24.3 Å². The molecule has 2 unspecified atom stereocenters. The van der Waals surface area contributed by atoms with Gasteiger partial charge in [-0.05, 0) is 18.6 Å². The molecule has 0 radical (unpaired) electrons. The second-order valence-electron chi connectivity index (χ2n) is 4.84. The first-order chi connectivity index (χ1) is 9.86. The highest BCUT2D eigenvalue weighted by atomic mass is 32.2. The molecular formula is C13H17NO6S. The zero-order chi connectivity index (χ0) is 15.6. The highest BCUT2D eigenvalue weighted by molar-refractivity contribution is 7.89. The number of benzene rings is 1. The van der Waals surface area contributed by atoms with E-state index in [2.05, 4.69) is 0 Å². The molecule has 0 saturated carbocycles. The van der Waals surface area contributed by atoms with Crippen LogP contribution in [0.3, 0.4) is 0 Å². The van der Waals surface area contributed by atoms with E-state index < -0.39 is 28.0 Å². The van der Waals surface area contributed by atoms with Gasteiger partial charge in [-0.1, -0.05) is 6.07 Å². The zero-order valence-corrected chi connectivity index (χ0v) is 12.3. The number of aliphatic carboxylic acids is 1. The molecule has 1 aromatic carbocycles. The van der Waals surface area contributed by atoms with Gasteiger partial charge in [0.05, 0.1) is 24.0 Å². The Balaban J connectivity index is 2.29. The Morgan fingerprint density at radius 1 is 1.43 bits per heavy atom. The summed E-state index contributed by atoms with van der Waals surface area (Å²) in [7, 11) is -2.37. The normalized spacial score (nSPS) is 23.7. The Labute approximate surface area is 122 Å². The lowest BCUT2D eigenvalue weighted by molar-refractivity contribution is -0.147. The molecule has 1 saturated heterocycles. The standard InChI is InChI=1S/C13H17NO6S/c1-20-9-3-2-4-10(7-9)21(18,19)14-6-5-12(15)11(8-14)13(16)17/h2-4,7,11-12,15H,5-6,8H2,1H3,(H,16,17). The maximum Gasteiger partial charge on any atom is 0.310 e. The number of carboxylic acid groups (broad SMARTS) is 1. The molecule has 7 nitrogen and oxygen atoms in total. The van der Waals surface area contributed by atoms with Gasteiger partial charge >= 0.3 is 5.97 Å². The number of rotatable bonds is 4. The molecule has 1 aliphatic rings. The van der Waals surface area contributed by atoms with Crippen molar-refractivity contribution in [1.82, 2.24) is 4.31 Å². The zero-order valence-electron chi connectivity index (χ0n) is 11.5. The number of aliphatic hydroxyl groups excluding tert-OH is 1. The molecule has 0 aromatic heterocycles. The first-order valence-corrected chi connectivity index (χ1v) is 7.85. The largest absolute Gasteiger partial charge is 0.497 e. The number of hydrogen-bond acceptors (Lipinski definition) is 5. The Kier molecular flexibility index (Phi) is 4.50. The van der Waals surface area contributed by atoms with Crippen LogP contribution in [-0.4, -0.2) is 55.2 Å². The van der Waals surface area contributed by atoms with Crippen molar-refractivity contribution in [2.24, 2.45) is 5.92 Å². The third kappa shape index (κ3) is 3.17. The molecule has 2 rings (SSSR count). The SMILES string of the molecule is COc1cccc(S(=O)(=O)N2CCC(O)C(C(=O)O)C2)c1. The number of ether oxygens (including phenoxy) is 1. The lowest BCUT2D eigenvalue weighted by Crippen LogP contribution is -2.48. The topological polar surface area (TPSA) is 104 Å². The summed E-state index contributed by atoms with van der Waals surface area (Å²) in [5.41, 5.74) is 0. The van der Waals surface area contributed by atoms with Crippen molar-refractivity contribution in [2.45, 2.75) is 17.4 Å². The molecule has 1 aliphatic heterocycles. The molecule has 0 bridgehead atoms. The third-order valence-corrected chi connectivity index (χ3v) is 5.40. The van der Waals surface area contributed by atoms with Gasteiger partial charge in [-0.3, -0.25) is 4.79 Å². The first-order valence-electron chi connectivity index (χ1n) is 6.41. The number of piperidine rings is 1. The van der Waals surface area contributed by atoms with Gasteiger partial charge in [0.15, 0.2) is 0 Å². The van der Waals surface area contributed by atoms with Gasteiger partial charge in [-0.25, -0.2) is 8.42 Å². The van der Waals surface area contributed by atoms with Crippen LogP contribution in [0.4, 0.5) is 0 Å². The smallest absolute Gasteiger partial charge is 0.310 e. The average Bonchev–Trinajstić information content (AvgIpc) is 2.47. The summed E-state index contributed by atoms with van der Waals surface area (Å²) in [6.07, 6.45) is -0.931. The molecule has 2 atom stereocenters. The summed E-state index contributed by atoms with van der Waals surface area (Å²) < 4.78 is 31.1. The summed E-state index contributed by atoms with van der Waals surface area (Å²) in [5.74, 6) is -1.91. The predicted molar refractivity (Wildman–Crippen MR) is 73.5 cm³/mol. The van der Waals surface area contributed by atoms with Gasteiger partial charge in [0.1, 0.15) is 5.75 Å². The van der Waals surface area contributed by atoms with Crippen LogP contribution in [0.2, 0.25) is 0 Å². The van der Waals surface area contributed by atoms with Gasteiger partial charge in [0, 0.05) is 19.2 Å². The van der Waals surface area contributed by atoms with Crippen LogP contribution < -0.4 is 4.74 Å². The number of sulfonamides is 1. The highest BCUT2D eigenvalue weighted by Gasteiger charge is 2.38. The molecule has 8 heteroatoms. The second kappa shape index (κ2) is 6.00. The van der Waals surface area contributed by atoms with Crippen LogP contribution in [0.1, 0.15) is 6.42 Å². The minimum atomic E-state index is -3.81. The van der Waals surface area contributed by atoms with Crippen LogP contribution >= 0.6 is 0 Å². The van der Waals surface area contributed by atoms with Crippen LogP contribution in [0.15, 0.2) is 29.2 Å². The highest BCUT2D eigenvalue weighted by Crippen LogP contribution is 2.26. The van der Waals surface area contributed by atoms with Gasteiger partial charge in [-0.2, -0.15) is 4.31 Å². The Morgan fingerprint density at radius 3 is 2.76 bits per heavy atom. The lowest BCUT2D eigenvalue weighted by atomic mass is 9.96. The summed E-state index contributed by atoms with van der Waals surface area (Å²) in [6, 6.07) is 5.99. The lowest BCUT2D eigenvalue weighted by Gasteiger charge is -2.33. The molecule has 2 N–H and O–H groups in total. The number of nitrogens with zero attached hydrogens (tertiary/aromatic N) is 1. The molecule has 0 spiro atoms. The predicted octanol–water partition coefficient (Wildman–Crippen LogP) is 0.151. The Hall–Kier alpha value is -1.64. The molecule has 0 amide bonds. The van der Waals surface area contributed by atoms with Gasteiger partial charge in [0.25, 0.3) is 0 Å². The van der Waals surface area contributed by atoms with E-state index in [1.54, 1.807) is 12.1 Å². The molecule has 1 aromatic rings. The van der Waals surface area contributed by atoms with Gasteiger partial charge in [-0.15, -0.1) is 0 Å². The quantitative estimate of drug-likeness (QED) is 0.820. The van der Waals surface area contributed by atoms with Gasteiger partial charge in [0.2, 0.25) is 10.0 Å². The van der Waals surface area contributed by atoms with Crippen LogP contribution in [0, 0.1) is 5.92 Å². The molecule has 0 aliphatic carbocycles.